The molecule has 198 valence electrons. The molecule has 0 bridgehead atoms. The second-order valence-electron chi connectivity index (χ2n) is 9.72. The van der Waals surface area contributed by atoms with Gasteiger partial charge in [-0.3, -0.25) is 4.90 Å². The smallest absolute Gasteiger partial charge is 0.247 e. The number of pyridine rings is 1. The normalized spacial score (nSPS) is 13.6. The van der Waals surface area contributed by atoms with Crippen molar-refractivity contribution < 1.29 is 9.13 Å². The Morgan fingerprint density at radius 2 is 1.64 bits per heavy atom. The van der Waals surface area contributed by atoms with Gasteiger partial charge in [0.25, 0.3) is 0 Å². The molecule has 1 fully saturated rings. The van der Waals surface area contributed by atoms with Gasteiger partial charge in [0, 0.05) is 30.0 Å². The van der Waals surface area contributed by atoms with Crippen LogP contribution in [0, 0.1) is 5.82 Å². The highest BCUT2D eigenvalue weighted by Gasteiger charge is 2.12. The van der Waals surface area contributed by atoms with Gasteiger partial charge in [-0.2, -0.15) is 4.98 Å². The van der Waals surface area contributed by atoms with Crippen molar-refractivity contribution in [3.8, 4) is 17.0 Å². The van der Waals surface area contributed by atoms with E-state index in [9.17, 15) is 4.39 Å². The number of fused-ring (bicyclic) bond motifs is 1. The topological polar surface area (TPSA) is 66.7 Å². The first-order valence-electron chi connectivity index (χ1n) is 13.4. The number of likely N-dealkylation sites (tertiary alicyclic amines) is 1. The molecule has 0 spiro atoms. The Morgan fingerprint density at radius 3 is 2.46 bits per heavy atom. The van der Waals surface area contributed by atoms with Crippen LogP contribution in [-0.2, 0) is 6.54 Å². The number of nitrogens with zero attached hydrogens (tertiary/aromatic N) is 4. The molecule has 8 heteroatoms. The van der Waals surface area contributed by atoms with E-state index in [-0.39, 0.29) is 5.82 Å². The fraction of sp³-hybridized carbons (Fsp3) is 0.226. The quantitative estimate of drug-likeness (QED) is 0.222. The van der Waals surface area contributed by atoms with Crippen LogP contribution in [0.1, 0.15) is 18.4 Å². The number of ether oxygens (including phenoxy) is 1. The van der Waals surface area contributed by atoms with Crippen molar-refractivity contribution in [2.24, 2.45) is 0 Å². The Balaban J connectivity index is 1.12. The number of benzene rings is 3. The van der Waals surface area contributed by atoms with Gasteiger partial charge in [-0.1, -0.05) is 30.3 Å². The van der Waals surface area contributed by atoms with Gasteiger partial charge >= 0.3 is 0 Å². The first-order valence-corrected chi connectivity index (χ1v) is 13.4. The second kappa shape index (κ2) is 11.5. The molecule has 7 nitrogen and oxygen atoms in total. The van der Waals surface area contributed by atoms with Crippen LogP contribution in [0.4, 0.5) is 21.7 Å². The summed E-state index contributed by atoms with van der Waals surface area (Å²) < 4.78 is 21.0. The van der Waals surface area contributed by atoms with E-state index in [0.29, 0.717) is 19.1 Å². The van der Waals surface area contributed by atoms with E-state index in [4.69, 9.17) is 9.84 Å². The van der Waals surface area contributed by atoms with Crippen molar-refractivity contribution in [2.45, 2.75) is 19.4 Å². The van der Waals surface area contributed by atoms with Crippen LogP contribution >= 0.6 is 0 Å². The van der Waals surface area contributed by atoms with Crippen molar-refractivity contribution in [1.29, 1.82) is 0 Å². The number of rotatable bonds is 10. The van der Waals surface area contributed by atoms with Crippen molar-refractivity contribution in [3.63, 3.8) is 0 Å². The summed E-state index contributed by atoms with van der Waals surface area (Å²) in [5.74, 6) is 1.15. The minimum Gasteiger partial charge on any atom is -0.492 e. The van der Waals surface area contributed by atoms with Crippen molar-refractivity contribution in [1.82, 2.24) is 19.5 Å². The molecule has 39 heavy (non-hydrogen) atoms. The van der Waals surface area contributed by atoms with Crippen LogP contribution in [0.2, 0.25) is 0 Å². The summed E-state index contributed by atoms with van der Waals surface area (Å²) in [6, 6.07) is 28.5. The molecule has 0 amide bonds. The Labute approximate surface area is 227 Å². The summed E-state index contributed by atoms with van der Waals surface area (Å²) in [6.45, 7) is 4.64. The molecule has 0 saturated carbocycles. The molecule has 0 radical (unpaired) electrons. The van der Waals surface area contributed by atoms with E-state index < -0.39 is 0 Å². The average Bonchev–Trinajstić information content (AvgIpc) is 3.63. The van der Waals surface area contributed by atoms with E-state index in [2.05, 4.69) is 32.7 Å². The molecule has 0 unspecified atom stereocenters. The lowest BCUT2D eigenvalue weighted by molar-refractivity contribution is 0.238. The lowest BCUT2D eigenvalue weighted by Crippen LogP contribution is -2.25. The van der Waals surface area contributed by atoms with Crippen LogP contribution < -0.4 is 15.4 Å². The summed E-state index contributed by atoms with van der Waals surface area (Å²) in [5.41, 5.74) is 5.57. The van der Waals surface area contributed by atoms with Gasteiger partial charge in [-0.05, 0) is 92.2 Å². The number of halogens is 1. The fourth-order valence-corrected chi connectivity index (χ4v) is 4.83. The van der Waals surface area contributed by atoms with E-state index in [1.807, 2.05) is 59.1 Å². The molecule has 2 N–H and O–H groups in total. The van der Waals surface area contributed by atoms with Crippen LogP contribution in [0.5, 0.6) is 5.75 Å². The minimum absolute atomic E-state index is 0.232. The predicted octanol–water partition coefficient (Wildman–Crippen LogP) is 6.37. The van der Waals surface area contributed by atoms with Gasteiger partial charge in [-0.15, -0.1) is 5.10 Å². The van der Waals surface area contributed by atoms with Gasteiger partial charge < -0.3 is 15.4 Å². The Kier molecular flexibility index (Phi) is 7.36. The molecule has 0 aliphatic carbocycles. The third kappa shape index (κ3) is 6.18. The number of hydrogen-bond donors (Lipinski definition) is 2. The molecule has 1 aliphatic heterocycles. The SMILES string of the molecule is Fc1ccc(CNc2cccc(-c3cccc4nc(Nc5ccc(OCCN6CCCC6)cc5)nn34)c2)cc1. The van der Waals surface area contributed by atoms with Crippen LogP contribution in [-0.4, -0.2) is 45.7 Å². The van der Waals surface area contributed by atoms with E-state index in [0.717, 1.165) is 46.1 Å². The summed E-state index contributed by atoms with van der Waals surface area (Å²) in [6.07, 6.45) is 2.59. The lowest BCUT2D eigenvalue weighted by Gasteiger charge is -2.15. The van der Waals surface area contributed by atoms with Gasteiger partial charge in [-0.25, -0.2) is 8.91 Å². The maximum absolute atomic E-state index is 13.2. The highest BCUT2D eigenvalue weighted by atomic mass is 19.1. The molecule has 0 atom stereocenters. The van der Waals surface area contributed by atoms with Gasteiger partial charge in [0.1, 0.15) is 18.2 Å². The van der Waals surface area contributed by atoms with Crippen LogP contribution in [0.3, 0.4) is 0 Å². The molecule has 3 heterocycles. The molecule has 5 aromatic rings. The van der Waals surface area contributed by atoms with Gasteiger partial charge in [0.05, 0.1) is 5.69 Å². The summed E-state index contributed by atoms with van der Waals surface area (Å²) >= 11 is 0. The summed E-state index contributed by atoms with van der Waals surface area (Å²) in [5, 5.41) is 11.5. The first-order chi connectivity index (χ1) is 19.2. The van der Waals surface area contributed by atoms with E-state index in [1.165, 1.54) is 38.1 Å². The van der Waals surface area contributed by atoms with Crippen LogP contribution in [0.25, 0.3) is 16.9 Å². The molecular weight excluding hydrogens is 491 g/mol. The zero-order valence-corrected chi connectivity index (χ0v) is 21.7. The Bertz CT molecular complexity index is 1530. The largest absolute Gasteiger partial charge is 0.492 e. The maximum Gasteiger partial charge on any atom is 0.247 e. The predicted molar refractivity (Wildman–Crippen MR) is 153 cm³/mol. The second-order valence-corrected chi connectivity index (χ2v) is 9.72. The zero-order valence-electron chi connectivity index (χ0n) is 21.7. The van der Waals surface area contributed by atoms with Crippen molar-refractivity contribution in [3.05, 3.63) is 102 Å². The highest BCUT2D eigenvalue weighted by molar-refractivity contribution is 5.68. The monoisotopic (exact) mass is 522 g/mol. The highest BCUT2D eigenvalue weighted by Crippen LogP contribution is 2.25. The van der Waals surface area contributed by atoms with Crippen molar-refractivity contribution in [2.75, 3.05) is 36.9 Å². The summed E-state index contributed by atoms with van der Waals surface area (Å²) in [4.78, 5) is 7.12. The van der Waals surface area contributed by atoms with E-state index >= 15 is 0 Å². The number of anilines is 3. The first kappa shape index (κ1) is 24.9. The number of nitrogens with one attached hydrogen (secondary N) is 2. The molecule has 2 aromatic heterocycles. The van der Waals surface area contributed by atoms with Crippen LogP contribution in [0.15, 0.2) is 91.0 Å². The number of hydrogen-bond acceptors (Lipinski definition) is 6. The third-order valence-corrected chi connectivity index (χ3v) is 6.91. The number of aromatic nitrogens is 3. The summed E-state index contributed by atoms with van der Waals surface area (Å²) in [7, 11) is 0. The van der Waals surface area contributed by atoms with Gasteiger partial charge in [0.15, 0.2) is 5.65 Å². The van der Waals surface area contributed by atoms with E-state index in [1.54, 1.807) is 12.1 Å². The average molecular weight is 523 g/mol. The van der Waals surface area contributed by atoms with Crippen molar-refractivity contribution >= 4 is 23.0 Å². The maximum atomic E-state index is 13.2. The third-order valence-electron chi connectivity index (χ3n) is 6.91. The lowest BCUT2D eigenvalue weighted by atomic mass is 10.1. The molecule has 3 aromatic carbocycles. The van der Waals surface area contributed by atoms with Gasteiger partial charge in [0.2, 0.25) is 5.95 Å². The standard InChI is InChI=1S/C31H31FN6O/c32-25-11-9-23(10-12-25)22-33-27-6-3-5-24(21-27)29-7-4-8-30-35-31(36-38(29)30)34-26-13-15-28(16-14-26)39-20-19-37-17-1-2-18-37/h3-16,21,33H,1-2,17-20,22H2,(H,34,36). The minimum atomic E-state index is -0.232. The molecule has 1 aliphatic rings. The molecular formula is C31H31FN6O. The Hall–Kier alpha value is -4.43. The zero-order chi connectivity index (χ0) is 26.4. The Morgan fingerprint density at radius 1 is 0.846 bits per heavy atom. The molecule has 1 saturated heterocycles. The fourth-order valence-electron chi connectivity index (χ4n) is 4.83. The molecule has 6 rings (SSSR count).